The highest BCUT2D eigenvalue weighted by Crippen LogP contribution is 2.11. The Balaban J connectivity index is 2.66. The van der Waals surface area contributed by atoms with Gasteiger partial charge in [-0.05, 0) is 25.8 Å². The standard InChI is InChI=1S/C11H17NO2/c1-3-5-6-10-9(7-8-12-10)11(13)14-4-2/h7-8,12H,3-6H2,1-2H3. The fourth-order valence-electron chi connectivity index (χ4n) is 1.36. The number of hydrogen-bond donors (Lipinski definition) is 1. The number of H-pyrrole nitrogens is 1. The van der Waals surface area contributed by atoms with Gasteiger partial charge in [-0.15, -0.1) is 0 Å². The maximum Gasteiger partial charge on any atom is 0.339 e. The van der Waals surface area contributed by atoms with Crippen LogP contribution in [0, 0.1) is 0 Å². The molecule has 0 radical (unpaired) electrons. The smallest absolute Gasteiger partial charge is 0.339 e. The van der Waals surface area contributed by atoms with E-state index < -0.39 is 0 Å². The molecule has 0 bridgehead atoms. The molecular weight excluding hydrogens is 178 g/mol. The molecule has 1 heterocycles. The van der Waals surface area contributed by atoms with E-state index in [9.17, 15) is 4.79 Å². The molecule has 1 N–H and O–H groups in total. The van der Waals surface area contributed by atoms with E-state index in [0.717, 1.165) is 25.0 Å². The molecule has 0 aliphatic heterocycles. The van der Waals surface area contributed by atoms with Crippen molar-refractivity contribution in [2.24, 2.45) is 0 Å². The zero-order chi connectivity index (χ0) is 10.4. The van der Waals surface area contributed by atoms with Crippen LogP contribution in [0.5, 0.6) is 0 Å². The van der Waals surface area contributed by atoms with Crippen molar-refractivity contribution in [3.8, 4) is 0 Å². The molecule has 1 rings (SSSR count). The minimum atomic E-state index is -0.222. The molecule has 3 nitrogen and oxygen atoms in total. The number of aromatic nitrogens is 1. The largest absolute Gasteiger partial charge is 0.462 e. The van der Waals surface area contributed by atoms with Gasteiger partial charge in [0.15, 0.2) is 0 Å². The summed E-state index contributed by atoms with van der Waals surface area (Å²) < 4.78 is 4.95. The lowest BCUT2D eigenvalue weighted by molar-refractivity contribution is 0.0525. The summed E-state index contributed by atoms with van der Waals surface area (Å²) in [6.07, 6.45) is 4.92. The lowest BCUT2D eigenvalue weighted by Crippen LogP contribution is -2.06. The van der Waals surface area contributed by atoms with Gasteiger partial charge in [-0.2, -0.15) is 0 Å². The van der Waals surface area contributed by atoms with E-state index in [1.54, 1.807) is 12.3 Å². The quantitative estimate of drug-likeness (QED) is 0.733. The molecule has 1 aromatic rings. The third kappa shape index (κ3) is 2.62. The number of nitrogens with one attached hydrogen (secondary N) is 1. The van der Waals surface area contributed by atoms with Crippen LogP contribution in [0.2, 0.25) is 0 Å². The van der Waals surface area contributed by atoms with Gasteiger partial charge in [-0.3, -0.25) is 0 Å². The van der Waals surface area contributed by atoms with E-state index in [0.29, 0.717) is 12.2 Å². The Hall–Kier alpha value is -1.25. The van der Waals surface area contributed by atoms with Crippen LogP contribution in [-0.2, 0) is 11.2 Å². The number of esters is 1. The first-order valence-corrected chi connectivity index (χ1v) is 5.13. The normalized spacial score (nSPS) is 10.1. The second-order valence-corrected chi connectivity index (χ2v) is 3.19. The highest BCUT2D eigenvalue weighted by atomic mass is 16.5. The monoisotopic (exact) mass is 195 g/mol. The van der Waals surface area contributed by atoms with Crippen LogP contribution in [0.1, 0.15) is 42.7 Å². The summed E-state index contributed by atoms with van der Waals surface area (Å²) >= 11 is 0. The first-order valence-electron chi connectivity index (χ1n) is 5.13. The van der Waals surface area contributed by atoms with Crippen molar-refractivity contribution in [1.82, 2.24) is 4.98 Å². The molecule has 0 saturated heterocycles. The average molecular weight is 195 g/mol. The lowest BCUT2D eigenvalue weighted by atomic mass is 10.1. The molecule has 0 spiro atoms. The van der Waals surface area contributed by atoms with Crippen molar-refractivity contribution >= 4 is 5.97 Å². The minimum absolute atomic E-state index is 0.222. The van der Waals surface area contributed by atoms with E-state index in [4.69, 9.17) is 4.74 Å². The molecule has 0 atom stereocenters. The van der Waals surface area contributed by atoms with Crippen molar-refractivity contribution in [3.63, 3.8) is 0 Å². The van der Waals surface area contributed by atoms with Crippen molar-refractivity contribution in [2.45, 2.75) is 33.1 Å². The SMILES string of the molecule is CCCCc1[nH]ccc1C(=O)OCC. The van der Waals surface area contributed by atoms with E-state index in [1.807, 2.05) is 6.92 Å². The number of carbonyl (C=O) groups is 1. The van der Waals surface area contributed by atoms with Gasteiger partial charge >= 0.3 is 5.97 Å². The Labute approximate surface area is 84.5 Å². The van der Waals surface area contributed by atoms with Crippen molar-refractivity contribution in [2.75, 3.05) is 6.61 Å². The lowest BCUT2D eigenvalue weighted by Gasteiger charge is -2.02. The highest BCUT2D eigenvalue weighted by molar-refractivity contribution is 5.90. The number of rotatable bonds is 5. The Morgan fingerprint density at radius 1 is 1.50 bits per heavy atom. The molecule has 78 valence electrons. The van der Waals surface area contributed by atoms with Crippen LogP contribution in [0.4, 0.5) is 0 Å². The molecule has 0 aliphatic rings. The predicted molar refractivity (Wildman–Crippen MR) is 55.4 cm³/mol. The zero-order valence-corrected chi connectivity index (χ0v) is 8.80. The highest BCUT2D eigenvalue weighted by Gasteiger charge is 2.12. The van der Waals surface area contributed by atoms with Gasteiger partial charge in [-0.25, -0.2) is 4.79 Å². The molecule has 0 unspecified atom stereocenters. The minimum Gasteiger partial charge on any atom is -0.462 e. The van der Waals surface area contributed by atoms with Crippen LogP contribution in [0.15, 0.2) is 12.3 Å². The summed E-state index contributed by atoms with van der Waals surface area (Å²) in [5.74, 6) is -0.222. The number of unbranched alkanes of at least 4 members (excludes halogenated alkanes) is 1. The predicted octanol–water partition coefficient (Wildman–Crippen LogP) is 2.53. The molecule has 14 heavy (non-hydrogen) atoms. The summed E-state index contributed by atoms with van der Waals surface area (Å²) in [4.78, 5) is 14.5. The van der Waals surface area contributed by atoms with Gasteiger partial charge in [0.1, 0.15) is 0 Å². The Morgan fingerprint density at radius 3 is 2.93 bits per heavy atom. The van der Waals surface area contributed by atoms with Crippen molar-refractivity contribution in [1.29, 1.82) is 0 Å². The molecule has 0 aromatic carbocycles. The number of hydrogen-bond acceptors (Lipinski definition) is 2. The number of carbonyl (C=O) groups excluding carboxylic acids is 1. The molecule has 1 aromatic heterocycles. The van der Waals surface area contributed by atoms with Gasteiger partial charge in [0.25, 0.3) is 0 Å². The van der Waals surface area contributed by atoms with Crippen LogP contribution in [0.3, 0.4) is 0 Å². The number of ether oxygens (including phenoxy) is 1. The fourth-order valence-corrected chi connectivity index (χ4v) is 1.36. The molecule has 0 fully saturated rings. The maximum atomic E-state index is 11.4. The first kappa shape index (κ1) is 10.8. The molecular formula is C11H17NO2. The van der Waals surface area contributed by atoms with E-state index in [-0.39, 0.29) is 5.97 Å². The van der Waals surface area contributed by atoms with E-state index in [2.05, 4.69) is 11.9 Å². The Kier molecular flexibility index (Phi) is 4.23. The second-order valence-electron chi connectivity index (χ2n) is 3.19. The number of aryl methyl sites for hydroxylation is 1. The summed E-state index contributed by atoms with van der Waals surface area (Å²) in [6.45, 7) is 4.38. The van der Waals surface area contributed by atoms with Crippen molar-refractivity contribution < 1.29 is 9.53 Å². The van der Waals surface area contributed by atoms with Gasteiger partial charge in [0, 0.05) is 11.9 Å². The summed E-state index contributed by atoms with van der Waals surface area (Å²) in [5, 5.41) is 0. The van der Waals surface area contributed by atoms with Gasteiger partial charge in [0.05, 0.1) is 12.2 Å². The van der Waals surface area contributed by atoms with Crippen molar-refractivity contribution in [3.05, 3.63) is 23.5 Å². The van der Waals surface area contributed by atoms with Crippen LogP contribution >= 0.6 is 0 Å². The third-order valence-corrected chi connectivity index (χ3v) is 2.11. The second kappa shape index (κ2) is 5.47. The molecule has 0 saturated carbocycles. The first-order chi connectivity index (χ1) is 6.79. The topological polar surface area (TPSA) is 42.1 Å². The fraction of sp³-hybridized carbons (Fsp3) is 0.545. The molecule has 0 amide bonds. The third-order valence-electron chi connectivity index (χ3n) is 2.11. The molecule has 3 heteroatoms. The Morgan fingerprint density at radius 2 is 2.29 bits per heavy atom. The summed E-state index contributed by atoms with van der Waals surface area (Å²) in [5.41, 5.74) is 1.67. The van der Waals surface area contributed by atoms with Crippen LogP contribution in [0.25, 0.3) is 0 Å². The van der Waals surface area contributed by atoms with E-state index >= 15 is 0 Å². The Bertz CT molecular complexity index is 291. The summed E-state index contributed by atoms with van der Waals surface area (Å²) in [7, 11) is 0. The number of aromatic amines is 1. The van der Waals surface area contributed by atoms with Gasteiger partial charge in [-0.1, -0.05) is 13.3 Å². The van der Waals surface area contributed by atoms with Gasteiger partial charge in [0.2, 0.25) is 0 Å². The molecule has 0 aliphatic carbocycles. The average Bonchev–Trinajstić information content (AvgIpc) is 2.63. The van der Waals surface area contributed by atoms with E-state index in [1.165, 1.54) is 0 Å². The maximum absolute atomic E-state index is 11.4. The zero-order valence-electron chi connectivity index (χ0n) is 8.80. The van der Waals surface area contributed by atoms with Crippen LogP contribution in [-0.4, -0.2) is 17.6 Å². The summed E-state index contributed by atoms with van der Waals surface area (Å²) in [6, 6.07) is 1.78. The van der Waals surface area contributed by atoms with Crippen LogP contribution < -0.4 is 0 Å². The van der Waals surface area contributed by atoms with Gasteiger partial charge < -0.3 is 9.72 Å².